The fraction of sp³-hybridized carbons (Fsp3) is 0.391. The van der Waals surface area contributed by atoms with Gasteiger partial charge in [0.15, 0.2) is 18.2 Å². The van der Waals surface area contributed by atoms with Gasteiger partial charge in [-0.15, -0.1) is 0 Å². The third kappa shape index (κ3) is 7.06. The first-order valence-corrected chi connectivity index (χ1v) is 9.75. The molecule has 1 N–H and O–H groups in total. The molecule has 0 saturated heterocycles. The monoisotopic (exact) mass is 417 g/mol. The van der Waals surface area contributed by atoms with E-state index in [-0.39, 0.29) is 18.8 Å². The maximum absolute atomic E-state index is 13.6. The smallest absolute Gasteiger partial charge is 0.310 e. The topological polar surface area (TPSA) is 73.9 Å². The van der Waals surface area contributed by atoms with Crippen LogP contribution in [0.2, 0.25) is 0 Å². The molecule has 2 aromatic rings. The van der Waals surface area contributed by atoms with Crippen LogP contribution in [0.4, 0.5) is 4.39 Å². The average Bonchev–Trinajstić information content (AvgIpc) is 2.69. The van der Waals surface area contributed by atoms with Crippen molar-refractivity contribution in [2.45, 2.75) is 33.6 Å². The van der Waals surface area contributed by atoms with Crippen LogP contribution in [-0.2, 0) is 20.7 Å². The van der Waals surface area contributed by atoms with Crippen molar-refractivity contribution in [3.8, 4) is 11.5 Å². The molecule has 0 bridgehead atoms. The quantitative estimate of drug-likeness (QED) is 0.474. The molecule has 0 saturated carbocycles. The number of hydrogen-bond acceptors (Lipinski definition) is 5. The number of amides is 1. The third-order valence-electron chi connectivity index (χ3n) is 4.59. The number of halogens is 1. The summed E-state index contributed by atoms with van der Waals surface area (Å²) in [7, 11) is 1.36. The Balaban J connectivity index is 1.64. The van der Waals surface area contributed by atoms with Gasteiger partial charge < -0.3 is 19.5 Å². The second-order valence-corrected chi connectivity index (χ2v) is 7.06. The van der Waals surface area contributed by atoms with Gasteiger partial charge in [0.1, 0.15) is 5.75 Å². The van der Waals surface area contributed by atoms with Crippen molar-refractivity contribution < 1.29 is 28.2 Å². The highest BCUT2D eigenvalue weighted by Crippen LogP contribution is 2.23. The van der Waals surface area contributed by atoms with Crippen LogP contribution in [-0.4, -0.2) is 38.7 Å². The van der Waals surface area contributed by atoms with E-state index in [1.165, 1.54) is 24.8 Å². The second kappa shape index (κ2) is 11.2. The maximum atomic E-state index is 13.6. The van der Waals surface area contributed by atoms with Crippen LogP contribution < -0.4 is 14.8 Å². The molecule has 0 unspecified atom stereocenters. The lowest BCUT2D eigenvalue weighted by Gasteiger charge is -2.12. The van der Waals surface area contributed by atoms with E-state index in [0.29, 0.717) is 25.1 Å². The fourth-order valence-electron chi connectivity index (χ4n) is 2.87. The van der Waals surface area contributed by atoms with Crippen LogP contribution in [0.25, 0.3) is 0 Å². The van der Waals surface area contributed by atoms with E-state index in [1.807, 2.05) is 26.8 Å². The van der Waals surface area contributed by atoms with Crippen LogP contribution in [0.1, 0.15) is 28.7 Å². The fourth-order valence-corrected chi connectivity index (χ4v) is 2.87. The van der Waals surface area contributed by atoms with Gasteiger partial charge in [-0.1, -0.05) is 12.1 Å². The summed E-state index contributed by atoms with van der Waals surface area (Å²) in [5.74, 6) is -0.611. The van der Waals surface area contributed by atoms with Crippen LogP contribution in [0.3, 0.4) is 0 Å². The SMILES string of the molecule is COc1ccc(CC(=O)OCC(=O)NCCCOc2cc(C)cc(C)c2C)cc1F. The van der Waals surface area contributed by atoms with E-state index in [0.717, 1.165) is 16.9 Å². The van der Waals surface area contributed by atoms with Crippen molar-refractivity contribution in [3.05, 3.63) is 58.4 Å². The Bertz CT molecular complexity index is 897. The molecule has 0 heterocycles. The van der Waals surface area contributed by atoms with Crippen LogP contribution in [0.5, 0.6) is 11.5 Å². The standard InChI is InChI=1S/C23H28FNO5/c1-15-10-16(2)17(3)21(11-15)29-9-5-8-25-22(26)14-30-23(27)13-18-6-7-20(28-4)19(24)12-18/h6-7,10-12H,5,8-9,13-14H2,1-4H3,(H,25,26). The summed E-state index contributed by atoms with van der Waals surface area (Å²) in [6.07, 6.45) is 0.495. The number of methoxy groups -OCH3 is 1. The number of aryl methyl sites for hydroxylation is 2. The minimum atomic E-state index is -0.608. The summed E-state index contributed by atoms with van der Waals surface area (Å²) in [4.78, 5) is 23.6. The molecule has 0 fully saturated rings. The van der Waals surface area contributed by atoms with E-state index in [9.17, 15) is 14.0 Å². The third-order valence-corrected chi connectivity index (χ3v) is 4.59. The molecular weight excluding hydrogens is 389 g/mol. The van der Waals surface area contributed by atoms with Gasteiger partial charge in [0.25, 0.3) is 5.91 Å². The highest BCUT2D eigenvalue weighted by atomic mass is 19.1. The highest BCUT2D eigenvalue weighted by molar-refractivity contribution is 5.81. The number of benzene rings is 2. The summed E-state index contributed by atoms with van der Waals surface area (Å²) < 4.78 is 29.2. The minimum absolute atomic E-state index is 0.100. The highest BCUT2D eigenvalue weighted by Gasteiger charge is 2.11. The zero-order valence-electron chi connectivity index (χ0n) is 17.8. The zero-order valence-corrected chi connectivity index (χ0v) is 17.8. The molecule has 0 spiro atoms. The van der Waals surface area contributed by atoms with Gasteiger partial charge in [-0.05, 0) is 67.6 Å². The molecular formula is C23H28FNO5. The first-order chi connectivity index (χ1) is 14.3. The van der Waals surface area contributed by atoms with Gasteiger partial charge in [0.2, 0.25) is 0 Å². The number of esters is 1. The lowest BCUT2D eigenvalue weighted by molar-refractivity contribution is -0.147. The van der Waals surface area contributed by atoms with E-state index in [4.69, 9.17) is 14.2 Å². The largest absolute Gasteiger partial charge is 0.494 e. The Morgan fingerprint density at radius 1 is 1.07 bits per heavy atom. The van der Waals surface area contributed by atoms with Crippen molar-refractivity contribution in [2.24, 2.45) is 0 Å². The van der Waals surface area contributed by atoms with Crippen LogP contribution in [0, 0.1) is 26.6 Å². The Kier molecular flexibility index (Phi) is 8.65. The maximum Gasteiger partial charge on any atom is 0.310 e. The van der Waals surface area contributed by atoms with Crippen molar-refractivity contribution in [3.63, 3.8) is 0 Å². The summed E-state index contributed by atoms with van der Waals surface area (Å²) >= 11 is 0. The summed E-state index contributed by atoms with van der Waals surface area (Å²) in [6.45, 7) is 6.57. The van der Waals surface area contributed by atoms with Gasteiger partial charge in [0.05, 0.1) is 20.1 Å². The Hall–Kier alpha value is -3.09. The predicted molar refractivity (Wildman–Crippen MR) is 111 cm³/mol. The molecule has 0 aliphatic heterocycles. The van der Waals surface area contributed by atoms with Gasteiger partial charge in [0, 0.05) is 6.54 Å². The molecule has 0 radical (unpaired) electrons. The normalized spacial score (nSPS) is 10.4. The molecule has 30 heavy (non-hydrogen) atoms. The molecule has 7 heteroatoms. The van der Waals surface area contributed by atoms with Crippen molar-refractivity contribution >= 4 is 11.9 Å². The van der Waals surface area contributed by atoms with Crippen molar-refractivity contribution in [2.75, 3.05) is 26.9 Å². The van der Waals surface area contributed by atoms with Gasteiger partial charge in [-0.3, -0.25) is 9.59 Å². The summed E-state index contributed by atoms with van der Waals surface area (Å²) in [6, 6.07) is 8.31. The summed E-state index contributed by atoms with van der Waals surface area (Å²) in [5.41, 5.74) is 3.86. The molecule has 2 rings (SSSR count). The number of rotatable bonds is 10. The number of carbonyl (C=O) groups excluding carboxylic acids is 2. The number of hydrogen-bond donors (Lipinski definition) is 1. The lowest BCUT2D eigenvalue weighted by atomic mass is 10.1. The number of ether oxygens (including phenoxy) is 3. The predicted octanol–water partition coefficient (Wildman–Crippen LogP) is 3.43. The van der Waals surface area contributed by atoms with Crippen LogP contribution in [0.15, 0.2) is 30.3 Å². The zero-order chi connectivity index (χ0) is 22.1. The van der Waals surface area contributed by atoms with E-state index >= 15 is 0 Å². The van der Waals surface area contributed by atoms with Gasteiger partial charge in [-0.25, -0.2) is 4.39 Å². The molecule has 1 amide bonds. The number of carbonyl (C=O) groups is 2. The van der Waals surface area contributed by atoms with Gasteiger partial charge in [-0.2, -0.15) is 0 Å². The second-order valence-electron chi connectivity index (χ2n) is 7.06. The molecule has 6 nitrogen and oxygen atoms in total. The Labute approximate surface area is 176 Å². The van der Waals surface area contributed by atoms with Gasteiger partial charge >= 0.3 is 5.97 Å². The molecule has 0 aliphatic carbocycles. The molecule has 0 aliphatic rings. The van der Waals surface area contributed by atoms with Crippen LogP contribution >= 0.6 is 0 Å². The molecule has 2 aromatic carbocycles. The minimum Gasteiger partial charge on any atom is -0.494 e. The molecule has 0 aromatic heterocycles. The Morgan fingerprint density at radius 2 is 1.83 bits per heavy atom. The van der Waals surface area contributed by atoms with Crippen molar-refractivity contribution in [1.29, 1.82) is 0 Å². The first kappa shape index (κ1) is 23.2. The average molecular weight is 417 g/mol. The summed E-state index contributed by atoms with van der Waals surface area (Å²) in [5, 5.41) is 2.68. The van der Waals surface area contributed by atoms with E-state index < -0.39 is 17.7 Å². The van der Waals surface area contributed by atoms with Crippen molar-refractivity contribution in [1.82, 2.24) is 5.32 Å². The number of nitrogens with one attached hydrogen (secondary N) is 1. The lowest BCUT2D eigenvalue weighted by Crippen LogP contribution is -2.30. The van der Waals surface area contributed by atoms with E-state index in [1.54, 1.807) is 6.07 Å². The molecule has 162 valence electrons. The first-order valence-electron chi connectivity index (χ1n) is 9.75. The Morgan fingerprint density at radius 3 is 2.53 bits per heavy atom. The molecule has 0 atom stereocenters. The van der Waals surface area contributed by atoms with E-state index in [2.05, 4.69) is 11.4 Å².